The molecule has 0 saturated carbocycles. The normalized spacial score (nSPS) is 12.5. The number of aryl methyl sites for hydroxylation is 1. The van der Waals surface area contributed by atoms with Crippen molar-refractivity contribution in [2.75, 3.05) is 0 Å². The summed E-state index contributed by atoms with van der Waals surface area (Å²) in [4.78, 5) is 4.05. The molecule has 0 spiro atoms. The molecule has 1 atom stereocenters. The van der Waals surface area contributed by atoms with Gasteiger partial charge in [-0.25, -0.2) is 0 Å². The van der Waals surface area contributed by atoms with Crippen molar-refractivity contribution in [1.82, 2.24) is 4.98 Å². The molecule has 0 aliphatic rings. The standard InChI is InChI=1S/C11H15N/c1-4-9(2)7-11-5-6-12-8-10(11)3/h4-6,8-9H,1,7H2,2-3H3. The van der Waals surface area contributed by atoms with Crippen LogP contribution in [0.4, 0.5) is 0 Å². The Morgan fingerprint density at radius 2 is 2.42 bits per heavy atom. The van der Waals surface area contributed by atoms with E-state index in [1.54, 1.807) is 0 Å². The van der Waals surface area contributed by atoms with Crippen LogP contribution in [0.3, 0.4) is 0 Å². The summed E-state index contributed by atoms with van der Waals surface area (Å²) in [5.74, 6) is 0.547. The van der Waals surface area contributed by atoms with Crippen molar-refractivity contribution < 1.29 is 0 Å². The van der Waals surface area contributed by atoms with Crippen LogP contribution in [-0.4, -0.2) is 4.98 Å². The first-order chi connectivity index (χ1) is 5.74. The summed E-state index contributed by atoms with van der Waals surface area (Å²) in [5.41, 5.74) is 2.64. The molecular weight excluding hydrogens is 146 g/mol. The third-order valence-electron chi connectivity index (χ3n) is 2.08. The summed E-state index contributed by atoms with van der Waals surface area (Å²) < 4.78 is 0. The number of rotatable bonds is 3. The van der Waals surface area contributed by atoms with E-state index in [0.29, 0.717) is 5.92 Å². The first-order valence-electron chi connectivity index (χ1n) is 4.26. The van der Waals surface area contributed by atoms with E-state index in [1.807, 2.05) is 18.5 Å². The maximum atomic E-state index is 4.05. The van der Waals surface area contributed by atoms with Crippen LogP contribution in [0.15, 0.2) is 31.1 Å². The molecule has 12 heavy (non-hydrogen) atoms. The lowest BCUT2D eigenvalue weighted by atomic mass is 9.99. The van der Waals surface area contributed by atoms with Crippen molar-refractivity contribution in [1.29, 1.82) is 0 Å². The van der Waals surface area contributed by atoms with Gasteiger partial charge in [0.25, 0.3) is 0 Å². The second-order valence-electron chi connectivity index (χ2n) is 3.22. The lowest BCUT2D eigenvalue weighted by Crippen LogP contribution is -1.97. The average molecular weight is 161 g/mol. The molecule has 1 rings (SSSR count). The Balaban J connectivity index is 2.75. The van der Waals surface area contributed by atoms with Gasteiger partial charge < -0.3 is 0 Å². The van der Waals surface area contributed by atoms with Gasteiger partial charge in [-0.3, -0.25) is 4.98 Å². The second-order valence-corrected chi connectivity index (χ2v) is 3.22. The van der Waals surface area contributed by atoms with E-state index in [9.17, 15) is 0 Å². The summed E-state index contributed by atoms with van der Waals surface area (Å²) in [6.07, 6.45) is 6.81. The zero-order chi connectivity index (χ0) is 8.97. The van der Waals surface area contributed by atoms with Crippen molar-refractivity contribution in [3.8, 4) is 0 Å². The minimum absolute atomic E-state index is 0.547. The number of hydrogen-bond donors (Lipinski definition) is 0. The molecule has 1 aromatic heterocycles. The summed E-state index contributed by atoms with van der Waals surface area (Å²) >= 11 is 0. The number of aromatic nitrogens is 1. The fourth-order valence-electron chi connectivity index (χ4n) is 1.16. The summed E-state index contributed by atoms with van der Waals surface area (Å²) in [6, 6.07) is 2.08. The number of hydrogen-bond acceptors (Lipinski definition) is 1. The third-order valence-corrected chi connectivity index (χ3v) is 2.08. The fraction of sp³-hybridized carbons (Fsp3) is 0.364. The molecule has 1 heteroatoms. The average Bonchev–Trinajstić information content (AvgIpc) is 2.09. The summed E-state index contributed by atoms with van der Waals surface area (Å²) in [5, 5.41) is 0. The molecule has 0 radical (unpaired) electrons. The van der Waals surface area contributed by atoms with Gasteiger partial charge in [0.05, 0.1) is 0 Å². The number of allylic oxidation sites excluding steroid dienone is 1. The zero-order valence-corrected chi connectivity index (χ0v) is 7.75. The van der Waals surface area contributed by atoms with Gasteiger partial charge in [-0.1, -0.05) is 13.0 Å². The molecular formula is C11H15N. The van der Waals surface area contributed by atoms with Crippen molar-refractivity contribution in [3.05, 3.63) is 42.2 Å². The largest absolute Gasteiger partial charge is 0.264 e. The quantitative estimate of drug-likeness (QED) is 0.621. The highest BCUT2D eigenvalue weighted by Crippen LogP contribution is 2.11. The van der Waals surface area contributed by atoms with E-state index < -0.39 is 0 Å². The van der Waals surface area contributed by atoms with Crippen LogP contribution >= 0.6 is 0 Å². The molecule has 0 aromatic carbocycles. The molecule has 64 valence electrons. The van der Waals surface area contributed by atoms with Crippen molar-refractivity contribution in [3.63, 3.8) is 0 Å². The lowest BCUT2D eigenvalue weighted by Gasteiger charge is -2.07. The highest BCUT2D eigenvalue weighted by molar-refractivity contribution is 5.22. The van der Waals surface area contributed by atoms with Crippen LogP contribution in [0.5, 0.6) is 0 Å². The fourth-order valence-corrected chi connectivity index (χ4v) is 1.16. The Kier molecular flexibility index (Phi) is 3.03. The van der Waals surface area contributed by atoms with Gasteiger partial charge in [0, 0.05) is 12.4 Å². The Morgan fingerprint density at radius 1 is 1.67 bits per heavy atom. The van der Waals surface area contributed by atoms with Gasteiger partial charge in [-0.05, 0) is 36.5 Å². The smallest absolute Gasteiger partial charge is 0.0299 e. The molecule has 0 aliphatic carbocycles. The van der Waals surface area contributed by atoms with E-state index in [4.69, 9.17) is 0 Å². The van der Waals surface area contributed by atoms with Gasteiger partial charge in [0.15, 0.2) is 0 Å². The van der Waals surface area contributed by atoms with Crippen LogP contribution in [0, 0.1) is 12.8 Å². The molecule has 0 fully saturated rings. The molecule has 1 aromatic rings. The molecule has 0 aliphatic heterocycles. The van der Waals surface area contributed by atoms with Gasteiger partial charge in [0.2, 0.25) is 0 Å². The predicted molar refractivity (Wildman–Crippen MR) is 52.0 cm³/mol. The van der Waals surface area contributed by atoms with Gasteiger partial charge in [0.1, 0.15) is 0 Å². The Morgan fingerprint density at radius 3 is 3.00 bits per heavy atom. The molecule has 0 amide bonds. The topological polar surface area (TPSA) is 12.9 Å². The maximum absolute atomic E-state index is 4.05. The van der Waals surface area contributed by atoms with Crippen LogP contribution in [0.2, 0.25) is 0 Å². The summed E-state index contributed by atoms with van der Waals surface area (Å²) in [6.45, 7) is 8.04. The van der Waals surface area contributed by atoms with Gasteiger partial charge in [-0.2, -0.15) is 0 Å². The van der Waals surface area contributed by atoms with E-state index in [1.165, 1.54) is 11.1 Å². The maximum Gasteiger partial charge on any atom is 0.0299 e. The monoisotopic (exact) mass is 161 g/mol. The second kappa shape index (κ2) is 4.05. The van der Waals surface area contributed by atoms with E-state index in [-0.39, 0.29) is 0 Å². The predicted octanol–water partition coefficient (Wildman–Crippen LogP) is 2.75. The zero-order valence-electron chi connectivity index (χ0n) is 7.75. The minimum atomic E-state index is 0.547. The first kappa shape index (κ1) is 8.98. The van der Waals surface area contributed by atoms with Crippen LogP contribution in [-0.2, 0) is 6.42 Å². The van der Waals surface area contributed by atoms with E-state index in [0.717, 1.165) is 6.42 Å². The molecule has 0 N–H and O–H groups in total. The third kappa shape index (κ3) is 2.19. The van der Waals surface area contributed by atoms with Gasteiger partial charge >= 0.3 is 0 Å². The highest BCUT2D eigenvalue weighted by atomic mass is 14.6. The molecule has 0 saturated heterocycles. The number of pyridine rings is 1. The molecule has 1 heterocycles. The highest BCUT2D eigenvalue weighted by Gasteiger charge is 2.01. The van der Waals surface area contributed by atoms with Crippen molar-refractivity contribution in [2.24, 2.45) is 5.92 Å². The minimum Gasteiger partial charge on any atom is -0.264 e. The number of nitrogens with zero attached hydrogens (tertiary/aromatic N) is 1. The van der Waals surface area contributed by atoms with Crippen molar-refractivity contribution in [2.45, 2.75) is 20.3 Å². The van der Waals surface area contributed by atoms with E-state index in [2.05, 4.69) is 31.5 Å². The van der Waals surface area contributed by atoms with E-state index >= 15 is 0 Å². The Bertz CT molecular complexity index is 265. The van der Waals surface area contributed by atoms with Crippen LogP contribution in [0.1, 0.15) is 18.1 Å². The van der Waals surface area contributed by atoms with Crippen LogP contribution < -0.4 is 0 Å². The molecule has 1 nitrogen and oxygen atoms in total. The van der Waals surface area contributed by atoms with Gasteiger partial charge in [-0.15, -0.1) is 6.58 Å². The molecule has 0 bridgehead atoms. The first-order valence-corrected chi connectivity index (χ1v) is 4.26. The van der Waals surface area contributed by atoms with Crippen molar-refractivity contribution >= 4 is 0 Å². The van der Waals surface area contributed by atoms with Crippen LogP contribution in [0.25, 0.3) is 0 Å². The molecule has 1 unspecified atom stereocenters. The summed E-state index contributed by atoms with van der Waals surface area (Å²) in [7, 11) is 0. The Hall–Kier alpha value is -1.11. The Labute approximate surface area is 74.2 Å². The lowest BCUT2D eigenvalue weighted by molar-refractivity contribution is 0.721. The SMILES string of the molecule is C=CC(C)Cc1ccncc1C.